The number of hydrogen-bond donors (Lipinski definition) is 0. The SMILES string of the molecule is CC(=O)N1C2CCC(C3CCC(N4CCOCC4)CC3)CC2N(C(=O)OC2CCOCC2)C[C@@H]1C. The summed E-state index contributed by atoms with van der Waals surface area (Å²) in [5.41, 5.74) is 0. The molecule has 8 heteroatoms. The number of amides is 2. The zero-order valence-corrected chi connectivity index (χ0v) is 21.7. The minimum absolute atomic E-state index is 0.0245. The van der Waals surface area contributed by atoms with E-state index in [-0.39, 0.29) is 36.2 Å². The van der Waals surface area contributed by atoms with Crippen molar-refractivity contribution in [3.8, 4) is 0 Å². The van der Waals surface area contributed by atoms with E-state index >= 15 is 0 Å². The molecule has 3 heterocycles. The summed E-state index contributed by atoms with van der Waals surface area (Å²) in [6.45, 7) is 9.54. The van der Waals surface area contributed by atoms with Crippen molar-refractivity contribution in [2.45, 2.75) is 102 Å². The molecular weight excluding hydrogens is 446 g/mol. The Morgan fingerprint density at radius 1 is 0.800 bits per heavy atom. The van der Waals surface area contributed by atoms with Gasteiger partial charge >= 0.3 is 6.09 Å². The third-order valence-electron chi connectivity index (χ3n) is 9.52. The maximum absolute atomic E-state index is 13.4. The Hall–Kier alpha value is -1.38. The molecule has 0 aromatic carbocycles. The Labute approximate surface area is 210 Å². The van der Waals surface area contributed by atoms with Gasteiger partial charge in [0.25, 0.3) is 0 Å². The Morgan fingerprint density at radius 2 is 1.46 bits per heavy atom. The number of morpholine rings is 1. The Morgan fingerprint density at radius 3 is 2.14 bits per heavy atom. The van der Waals surface area contributed by atoms with Crippen molar-refractivity contribution in [2.75, 3.05) is 46.1 Å². The molecule has 35 heavy (non-hydrogen) atoms. The molecule has 5 rings (SSSR count). The van der Waals surface area contributed by atoms with E-state index in [1.54, 1.807) is 6.92 Å². The lowest BCUT2D eigenvalue weighted by molar-refractivity contribution is -0.143. The molecule has 3 aliphatic heterocycles. The van der Waals surface area contributed by atoms with Crippen LogP contribution in [0.3, 0.4) is 0 Å². The molecule has 198 valence electrons. The number of nitrogens with zero attached hydrogens (tertiary/aromatic N) is 3. The Kier molecular flexibility index (Phi) is 8.19. The maximum Gasteiger partial charge on any atom is 0.410 e. The van der Waals surface area contributed by atoms with Crippen LogP contribution in [0.25, 0.3) is 0 Å². The summed E-state index contributed by atoms with van der Waals surface area (Å²) in [6, 6.07) is 0.912. The topological polar surface area (TPSA) is 71.6 Å². The van der Waals surface area contributed by atoms with Crippen LogP contribution >= 0.6 is 0 Å². The lowest BCUT2D eigenvalue weighted by Gasteiger charge is -2.54. The zero-order valence-electron chi connectivity index (χ0n) is 21.7. The molecule has 5 fully saturated rings. The van der Waals surface area contributed by atoms with Crippen molar-refractivity contribution in [1.82, 2.24) is 14.7 Å². The minimum atomic E-state index is -0.182. The van der Waals surface area contributed by atoms with Gasteiger partial charge < -0.3 is 24.0 Å². The van der Waals surface area contributed by atoms with Crippen molar-refractivity contribution in [3.05, 3.63) is 0 Å². The highest BCUT2D eigenvalue weighted by molar-refractivity contribution is 5.75. The van der Waals surface area contributed by atoms with Gasteiger partial charge in [-0.3, -0.25) is 9.69 Å². The van der Waals surface area contributed by atoms with E-state index in [1.807, 2.05) is 4.90 Å². The summed E-state index contributed by atoms with van der Waals surface area (Å²) in [5.74, 6) is 1.49. The van der Waals surface area contributed by atoms with Crippen LogP contribution in [0.2, 0.25) is 0 Å². The molecule has 0 spiro atoms. The molecular formula is C27H45N3O5. The first-order valence-corrected chi connectivity index (χ1v) is 14.2. The molecule has 3 saturated heterocycles. The molecule has 2 aliphatic carbocycles. The highest BCUT2D eigenvalue weighted by Crippen LogP contribution is 2.43. The van der Waals surface area contributed by atoms with E-state index in [0.29, 0.717) is 31.7 Å². The van der Waals surface area contributed by atoms with E-state index in [4.69, 9.17) is 14.2 Å². The van der Waals surface area contributed by atoms with Crippen LogP contribution in [0.15, 0.2) is 0 Å². The van der Waals surface area contributed by atoms with Crippen LogP contribution in [-0.4, -0.2) is 103 Å². The molecule has 2 saturated carbocycles. The largest absolute Gasteiger partial charge is 0.446 e. The molecule has 0 bridgehead atoms. The second-order valence-electron chi connectivity index (χ2n) is 11.5. The third-order valence-corrected chi connectivity index (χ3v) is 9.52. The number of fused-ring (bicyclic) bond motifs is 1. The highest BCUT2D eigenvalue weighted by atomic mass is 16.6. The van der Waals surface area contributed by atoms with Gasteiger partial charge in [-0.2, -0.15) is 0 Å². The normalized spacial score (nSPS) is 37.5. The van der Waals surface area contributed by atoms with Gasteiger partial charge in [-0.25, -0.2) is 4.79 Å². The van der Waals surface area contributed by atoms with Gasteiger partial charge in [0.15, 0.2) is 0 Å². The van der Waals surface area contributed by atoms with Gasteiger partial charge in [0.2, 0.25) is 5.91 Å². The molecule has 2 amide bonds. The van der Waals surface area contributed by atoms with Crippen molar-refractivity contribution >= 4 is 12.0 Å². The van der Waals surface area contributed by atoms with Gasteiger partial charge in [0.05, 0.1) is 38.5 Å². The number of ether oxygens (including phenoxy) is 3. The molecule has 4 atom stereocenters. The molecule has 8 nitrogen and oxygen atoms in total. The quantitative estimate of drug-likeness (QED) is 0.603. The number of piperazine rings is 1. The third kappa shape index (κ3) is 5.64. The molecule has 3 unspecified atom stereocenters. The van der Waals surface area contributed by atoms with Gasteiger partial charge in [-0.1, -0.05) is 0 Å². The lowest BCUT2D eigenvalue weighted by Crippen LogP contribution is -2.67. The van der Waals surface area contributed by atoms with Gasteiger partial charge in [-0.15, -0.1) is 0 Å². The Bertz CT molecular complexity index is 730. The molecule has 0 aromatic heterocycles. The molecule has 0 aromatic rings. The van der Waals surface area contributed by atoms with Crippen LogP contribution in [-0.2, 0) is 19.0 Å². The summed E-state index contributed by atoms with van der Waals surface area (Å²) < 4.78 is 17.0. The Balaban J connectivity index is 1.24. The molecule has 0 radical (unpaired) electrons. The highest BCUT2D eigenvalue weighted by Gasteiger charge is 2.48. The smallest absolute Gasteiger partial charge is 0.410 e. The standard InChI is InChI=1S/C27H45N3O5/c1-19-18-29(27(32)35-24-9-13-33-14-10-24)26-17-22(5-8-25(26)30(19)20(2)31)21-3-6-23(7-4-21)28-11-15-34-16-12-28/h19,21-26H,3-18H2,1-2H3/t19-,21?,22?,23?,25?,26?/m0/s1. The van der Waals surface area contributed by atoms with Crippen LogP contribution in [0.1, 0.15) is 71.6 Å². The van der Waals surface area contributed by atoms with Crippen molar-refractivity contribution < 1.29 is 23.8 Å². The monoisotopic (exact) mass is 491 g/mol. The fourth-order valence-electron chi connectivity index (χ4n) is 7.72. The number of rotatable bonds is 3. The summed E-state index contributed by atoms with van der Waals surface area (Å²) in [4.78, 5) is 32.7. The van der Waals surface area contributed by atoms with Gasteiger partial charge in [-0.05, 0) is 63.7 Å². The van der Waals surface area contributed by atoms with Crippen LogP contribution < -0.4 is 0 Å². The van der Waals surface area contributed by atoms with E-state index in [1.165, 1.54) is 25.7 Å². The number of carbonyl (C=O) groups is 2. The average Bonchev–Trinajstić information content (AvgIpc) is 2.89. The second-order valence-corrected chi connectivity index (χ2v) is 11.5. The minimum Gasteiger partial charge on any atom is -0.446 e. The summed E-state index contributed by atoms with van der Waals surface area (Å²) in [6.07, 6.45) is 9.59. The van der Waals surface area contributed by atoms with Crippen LogP contribution in [0, 0.1) is 11.8 Å². The number of carbonyl (C=O) groups excluding carboxylic acids is 2. The molecule has 5 aliphatic rings. The second kappa shape index (κ2) is 11.3. The van der Waals surface area contributed by atoms with Gasteiger partial charge in [0, 0.05) is 51.5 Å². The summed E-state index contributed by atoms with van der Waals surface area (Å²) in [7, 11) is 0. The lowest BCUT2D eigenvalue weighted by atomic mass is 9.68. The predicted molar refractivity (Wildman–Crippen MR) is 132 cm³/mol. The fraction of sp³-hybridized carbons (Fsp3) is 0.926. The van der Waals surface area contributed by atoms with Crippen molar-refractivity contribution in [1.29, 1.82) is 0 Å². The molecule has 0 N–H and O–H groups in total. The van der Waals surface area contributed by atoms with E-state index in [0.717, 1.165) is 64.3 Å². The van der Waals surface area contributed by atoms with Crippen LogP contribution in [0.4, 0.5) is 4.79 Å². The summed E-state index contributed by atoms with van der Waals surface area (Å²) in [5, 5.41) is 0. The fourth-order valence-corrected chi connectivity index (χ4v) is 7.72. The van der Waals surface area contributed by atoms with E-state index in [2.05, 4.69) is 16.7 Å². The summed E-state index contributed by atoms with van der Waals surface area (Å²) >= 11 is 0. The van der Waals surface area contributed by atoms with Crippen molar-refractivity contribution in [3.63, 3.8) is 0 Å². The first-order chi connectivity index (χ1) is 17.0. The maximum atomic E-state index is 13.4. The number of hydrogen-bond acceptors (Lipinski definition) is 6. The van der Waals surface area contributed by atoms with E-state index in [9.17, 15) is 9.59 Å². The predicted octanol–water partition coefficient (Wildman–Crippen LogP) is 3.28. The van der Waals surface area contributed by atoms with Crippen LogP contribution in [0.5, 0.6) is 0 Å². The van der Waals surface area contributed by atoms with Crippen molar-refractivity contribution in [2.24, 2.45) is 11.8 Å². The first-order valence-electron chi connectivity index (χ1n) is 14.2. The first kappa shape index (κ1) is 25.3. The van der Waals surface area contributed by atoms with Gasteiger partial charge in [0.1, 0.15) is 6.10 Å². The van der Waals surface area contributed by atoms with E-state index < -0.39 is 0 Å². The average molecular weight is 492 g/mol. The zero-order chi connectivity index (χ0) is 24.4.